The van der Waals surface area contributed by atoms with E-state index in [0.29, 0.717) is 6.54 Å². The van der Waals surface area contributed by atoms with Crippen LogP contribution in [0.15, 0.2) is 24.3 Å². The summed E-state index contributed by atoms with van der Waals surface area (Å²) in [6.45, 7) is 7.80. The molecule has 0 spiro atoms. The fraction of sp³-hybridized carbons (Fsp3) is 0.600. The number of halogens is 1. The minimum absolute atomic E-state index is 0.191. The first kappa shape index (κ1) is 16.1. The van der Waals surface area contributed by atoms with Crippen molar-refractivity contribution < 1.29 is 9.50 Å². The van der Waals surface area contributed by atoms with Gasteiger partial charge in [0.25, 0.3) is 0 Å². The smallest absolute Gasteiger partial charge is 0.123 e. The molecule has 3 nitrogen and oxygen atoms in total. The summed E-state index contributed by atoms with van der Waals surface area (Å²) in [6.07, 6.45) is 0.952. The van der Waals surface area contributed by atoms with Gasteiger partial charge < -0.3 is 15.3 Å². The molecule has 108 valence electrons. The third kappa shape index (κ3) is 5.68. The van der Waals surface area contributed by atoms with Gasteiger partial charge in [-0.2, -0.15) is 0 Å². The summed E-state index contributed by atoms with van der Waals surface area (Å²) in [5, 5.41) is 12.4. The molecular weight excluding hydrogens is 243 g/mol. The molecule has 1 aromatic carbocycles. The van der Waals surface area contributed by atoms with Gasteiger partial charge in [-0.05, 0) is 37.2 Å². The van der Waals surface area contributed by atoms with Crippen LogP contribution in [0.25, 0.3) is 0 Å². The van der Waals surface area contributed by atoms with E-state index < -0.39 is 0 Å². The quantitative estimate of drug-likeness (QED) is 0.720. The van der Waals surface area contributed by atoms with E-state index in [1.807, 2.05) is 12.1 Å². The largest absolute Gasteiger partial charge is 0.395 e. The Bertz CT molecular complexity index is 343. The summed E-state index contributed by atoms with van der Waals surface area (Å²) in [4.78, 5) is 2.22. The molecule has 0 aliphatic rings. The molecule has 0 aliphatic heterocycles. The van der Waals surface area contributed by atoms with E-state index in [1.165, 1.54) is 12.1 Å². The van der Waals surface area contributed by atoms with Crippen LogP contribution < -0.4 is 5.32 Å². The second-order valence-corrected chi connectivity index (χ2v) is 4.61. The molecule has 4 heteroatoms. The Balaban J connectivity index is 2.59. The van der Waals surface area contributed by atoms with Crippen LogP contribution in [0.3, 0.4) is 0 Å². The lowest BCUT2D eigenvalue weighted by molar-refractivity contribution is 0.195. The van der Waals surface area contributed by atoms with Crippen LogP contribution in [0.1, 0.15) is 31.9 Å². The highest BCUT2D eigenvalue weighted by atomic mass is 19.1. The first-order chi connectivity index (χ1) is 9.21. The van der Waals surface area contributed by atoms with Crippen molar-refractivity contribution in [3.8, 4) is 0 Å². The van der Waals surface area contributed by atoms with Crippen LogP contribution in [0, 0.1) is 5.82 Å². The van der Waals surface area contributed by atoms with Gasteiger partial charge in [-0.25, -0.2) is 4.39 Å². The molecule has 2 N–H and O–H groups in total. The molecule has 0 aromatic heterocycles. The fourth-order valence-electron chi connectivity index (χ4n) is 2.21. The Hall–Kier alpha value is -0.970. The number of rotatable bonds is 9. The topological polar surface area (TPSA) is 35.5 Å². The molecule has 19 heavy (non-hydrogen) atoms. The molecule has 1 rings (SSSR count). The van der Waals surface area contributed by atoms with Crippen LogP contribution in [-0.2, 0) is 0 Å². The van der Waals surface area contributed by atoms with Gasteiger partial charge in [0.15, 0.2) is 0 Å². The molecule has 1 unspecified atom stereocenters. The number of nitrogens with one attached hydrogen (secondary N) is 1. The van der Waals surface area contributed by atoms with Gasteiger partial charge >= 0.3 is 0 Å². The lowest BCUT2D eigenvalue weighted by Gasteiger charge is -2.24. The predicted octanol–water partition coefficient (Wildman–Crippen LogP) is 2.18. The Labute approximate surface area is 115 Å². The number of hydrogen-bond donors (Lipinski definition) is 2. The first-order valence-electron chi connectivity index (χ1n) is 7.03. The van der Waals surface area contributed by atoms with Crippen LogP contribution in [0.2, 0.25) is 0 Å². The summed E-state index contributed by atoms with van der Waals surface area (Å²) in [5.41, 5.74) is 1.11. The number of aliphatic hydroxyl groups is 1. The third-order valence-electron chi connectivity index (χ3n) is 3.32. The highest BCUT2D eigenvalue weighted by molar-refractivity contribution is 5.19. The van der Waals surface area contributed by atoms with Gasteiger partial charge in [-0.15, -0.1) is 0 Å². The van der Waals surface area contributed by atoms with Gasteiger partial charge in [-0.1, -0.05) is 26.0 Å². The van der Waals surface area contributed by atoms with Crippen molar-refractivity contribution in [2.45, 2.75) is 26.3 Å². The van der Waals surface area contributed by atoms with E-state index in [1.54, 1.807) is 0 Å². The SMILES string of the molecule is CCNC(CCN(CC)CCO)c1ccc(F)cc1. The molecule has 1 atom stereocenters. The minimum atomic E-state index is -0.200. The van der Waals surface area contributed by atoms with Crippen LogP contribution in [0.4, 0.5) is 4.39 Å². The third-order valence-corrected chi connectivity index (χ3v) is 3.32. The van der Waals surface area contributed by atoms with Crippen molar-refractivity contribution in [2.24, 2.45) is 0 Å². The van der Waals surface area contributed by atoms with Crippen molar-refractivity contribution >= 4 is 0 Å². The molecule has 0 saturated carbocycles. The van der Waals surface area contributed by atoms with Crippen LogP contribution >= 0.6 is 0 Å². The average molecular weight is 268 g/mol. The molecule has 0 fully saturated rings. The average Bonchev–Trinajstić information content (AvgIpc) is 2.43. The maximum atomic E-state index is 12.9. The number of hydrogen-bond acceptors (Lipinski definition) is 3. The number of aliphatic hydroxyl groups excluding tert-OH is 1. The van der Waals surface area contributed by atoms with Crippen molar-refractivity contribution in [3.05, 3.63) is 35.6 Å². The number of likely N-dealkylation sites (N-methyl/N-ethyl adjacent to an activating group) is 1. The van der Waals surface area contributed by atoms with Gasteiger partial charge in [-0.3, -0.25) is 0 Å². The second kappa shape index (κ2) is 9.02. The van der Waals surface area contributed by atoms with Crippen LogP contribution in [-0.4, -0.2) is 42.8 Å². The molecular formula is C15H25FN2O. The highest BCUT2D eigenvalue weighted by Gasteiger charge is 2.12. The molecule has 0 amide bonds. The maximum Gasteiger partial charge on any atom is 0.123 e. The van der Waals surface area contributed by atoms with E-state index >= 15 is 0 Å². The van der Waals surface area contributed by atoms with E-state index in [0.717, 1.165) is 31.6 Å². The summed E-state index contributed by atoms with van der Waals surface area (Å²) in [6, 6.07) is 6.92. The molecule has 0 saturated heterocycles. The minimum Gasteiger partial charge on any atom is -0.395 e. The molecule has 0 aliphatic carbocycles. The molecule has 0 bridgehead atoms. The molecule has 0 radical (unpaired) electrons. The standard InChI is InChI=1S/C15H25FN2O/c1-3-17-15(9-10-18(4-2)11-12-19)13-5-7-14(16)8-6-13/h5-8,15,17,19H,3-4,9-12H2,1-2H3. The summed E-state index contributed by atoms with van der Waals surface area (Å²) < 4.78 is 12.9. The zero-order valence-electron chi connectivity index (χ0n) is 11.9. The summed E-state index contributed by atoms with van der Waals surface area (Å²) >= 11 is 0. The van der Waals surface area contributed by atoms with Crippen molar-refractivity contribution in [1.29, 1.82) is 0 Å². The van der Waals surface area contributed by atoms with Gasteiger partial charge in [0.1, 0.15) is 5.82 Å². The van der Waals surface area contributed by atoms with Gasteiger partial charge in [0, 0.05) is 19.1 Å². The zero-order valence-corrected chi connectivity index (χ0v) is 11.9. The molecule has 1 aromatic rings. The van der Waals surface area contributed by atoms with Gasteiger partial charge in [0.2, 0.25) is 0 Å². The van der Waals surface area contributed by atoms with Crippen LogP contribution in [0.5, 0.6) is 0 Å². The van der Waals surface area contributed by atoms with Gasteiger partial charge in [0.05, 0.1) is 6.61 Å². The number of nitrogens with zero attached hydrogens (tertiary/aromatic N) is 1. The lowest BCUT2D eigenvalue weighted by Crippen LogP contribution is -2.31. The first-order valence-corrected chi connectivity index (χ1v) is 7.03. The van der Waals surface area contributed by atoms with E-state index in [2.05, 4.69) is 24.1 Å². The van der Waals surface area contributed by atoms with E-state index in [-0.39, 0.29) is 18.5 Å². The predicted molar refractivity (Wildman–Crippen MR) is 76.6 cm³/mol. The lowest BCUT2D eigenvalue weighted by atomic mass is 10.0. The molecule has 0 heterocycles. The van der Waals surface area contributed by atoms with Crippen molar-refractivity contribution in [3.63, 3.8) is 0 Å². The normalized spacial score (nSPS) is 12.9. The zero-order chi connectivity index (χ0) is 14.1. The monoisotopic (exact) mass is 268 g/mol. The fourth-order valence-corrected chi connectivity index (χ4v) is 2.21. The Morgan fingerprint density at radius 2 is 1.89 bits per heavy atom. The highest BCUT2D eigenvalue weighted by Crippen LogP contribution is 2.17. The number of benzene rings is 1. The Morgan fingerprint density at radius 1 is 1.21 bits per heavy atom. The Morgan fingerprint density at radius 3 is 2.42 bits per heavy atom. The maximum absolute atomic E-state index is 12.9. The summed E-state index contributed by atoms with van der Waals surface area (Å²) in [5.74, 6) is -0.200. The van der Waals surface area contributed by atoms with E-state index in [9.17, 15) is 4.39 Å². The second-order valence-electron chi connectivity index (χ2n) is 4.61. The van der Waals surface area contributed by atoms with Crippen molar-refractivity contribution in [2.75, 3.05) is 32.8 Å². The Kier molecular flexibility index (Phi) is 7.63. The van der Waals surface area contributed by atoms with Crippen molar-refractivity contribution in [1.82, 2.24) is 10.2 Å². The summed E-state index contributed by atoms with van der Waals surface area (Å²) in [7, 11) is 0. The van der Waals surface area contributed by atoms with E-state index in [4.69, 9.17) is 5.11 Å².